The van der Waals surface area contributed by atoms with E-state index >= 15 is 0 Å². The van der Waals surface area contributed by atoms with E-state index in [4.69, 9.17) is 0 Å². The first-order valence-electron chi connectivity index (χ1n) is 5.37. The Morgan fingerprint density at radius 3 is 2.41 bits per heavy atom. The van der Waals surface area contributed by atoms with Crippen molar-refractivity contribution in [3.8, 4) is 0 Å². The van der Waals surface area contributed by atoms with Crippen molar-refractivity contribution < 1.29 is 4.79 Å². The number of hydrogen-bond donors (Lipinski definition) is 1. The van der Waals surface area contributed by atoms with Gasteiger partial charge in [-0.2, -0.15) is 0 Å². The molecule has 0 atom stereocenters. The van der Waals surface area contributed by atoms with Crippen LogP contribution in [0.5, 0.6) is 0 Å². The normalized spacial score (nSPS) is 10.3. The molecule has 17 heavy (non-hydrogen) atoms. The Kier molecular flexibility index (Phi) is 3.24. The quantitative estimate of drug-likeness (QED) is 0.883. The lowest BCUT2D eigenvalue weighted by atomic mass is 10.1. The topological polar surface area (TPSA) is 42.0 Å². The number of nitrogens with zero attached hydrogens (tertiary/aromatic N) is 1. The Hall–Kier alpha value is -1.68. The van der Waals surface area contributed by atoms with E-state index in [1.54, 1.807) is 5.38 Å². The van der Waals surface area contributed by atoms with Gasteiger partial charge in [0.05, 0.1) is 5.01 Å². The van der Waals surface area contributed by atoms with Gasteiger partial charge in [-0.3, -0.25) is 4.79 Å². The van der Waals surface area contributed by atoms with Gasteiger partial charge in [0.25, 0.3) is 5.91 Å². The van der Waals surface area contributed by atoms with E-state index in [0.29, 0.717) is 5.69 Å². The van der Waals surface area contributed by atoms with Crippen molar-refractivity contribution in [2.75, 3.05) is 5.32 Å². The van der Waals surface area contributed by atoms with Crippen LogP contribution >= 0.6 is 11.3 Å². The molecule has 0 aliphatic rings. The van der Waals surface area contributed by atoms with Crippen molar-refractivity contribution in [2.45, 2.75) is 20.8 Å². The number of hydrogen-bond acceptors (Lipinski definition) is 3. The summed E-state index contributed by atoms with van der Waals surface area (Å²) in [5.41, 5.74) is 3.48. The van der Waals surface area contributed by atoms with Crippen molar-refractivity contribution in [2.24, 2.45) is 0 Å². The Bertz CT molecular complexity index is 540. The summed E-state index contributed by atoms with van der Waals surface area (Å²) >= 11 is 1.48. The lowest BCUT2D eigenvalue weighted by molar-refractivity contribution is 0.102. The molecule has 1 heterocycles. The highest BCUT2D eigenvalue weighted by molar-refractivity contribution is 7.09. The molecule has 0 aliphatic carbocycles. The van der Waals surface area contributed by atoms with Crippen molar-refractivity contribution in [3.63, 3.8) is 0 Å². The number of aryl methyl sites for hydroxylation is 3. The smallest absolute Gasteiger partial charge is 0.275 e. The molecule has 2 rings (SSSR count). The standard InChI is InChI=1S/C13H14N2OS/c1-8-5-4-6-9(2)12(8)15-13(16)11-7-17-10(3)14-11/h4-7H,1-3H3,(H,15,16). The summed E-state index contributed by atoms with van der Waals surface area (Å²) in [7, 11) is 0. The number of anilines is 1. The molecule has 0 saturated heterocycles. The second-order valence-electron chi connectivity index (χ2n) is 3.97. The zero-order valence-corrected chi connectivity index (χ0v) is 10.9. The van der Waals surface area contributed by atoms with Crippen LogP contribution in [0, 0.1) is 20.8 Å². The lowest BCUT2D eigenvalue weighted by Gasteiger charge is -2.10. The van der Waals surface area contributed by atoms with Crippen LogP contribution in [0.2, 0.25) is 0 Å². The zero-order chi connectivity index (χ0) is 12.4. The number of amides is 1. The number of nitrogens with one attached hydrogen (secondary N) is 1. The van der Waals surface area contributed by atoms with E-state index in [1.165, 1.54) is 11.3 Å². The monoisotopic (exact) mass is 246 g/mol. The summed E-state index contributed by atoms with van der Waals surface area (Å²) in [5.74, 6) is -0.147. The predicted molar refractivity (Wildman–Crippen MR) is 70.7 cm³/mol. The molecule has 0 saturated carbocycles. The van der Waals surface area contributed by atoms with E-state index in [0.717, 1.165) is 21.8 Å². The van der Waals surface area contributed by atoms with Crippen LogP contribution in [-0.2, 0) is 0 Å². The molecule has 1 N–H and O–H groups in total. The Morgan fingerprint density at radius 2 is 1.88 bits per heavy atom. The fraction of sp³-hybridized carbons (Fsp3) is 0.231. The third-order valence-corrected chi connectivity index (χ3v) is 3.34. The first-order valence-corrected chi connectivity index (χ1v) is 6.25. The van der Waals surface area contributed by atoms with E-state index < -0.39 is 0 Å². The van der Waals surface area contributed by atoms with E-state index in [1.807, 2.05) is 39.0 Å². The Labute approximate surface area is 105 Å². The number of thiazole rings is 1. The third-order valence-electron chi connectivity index (χ3n) is 2.57. The van der Waals surface area contributed by atoms with Gasteiger partial charge >= 0.3 is 0 Å². The zero-order valence-electron chi connectivity index (χ0n) is 10.1. The summed E-state index contributed by atoms with van der Waals surface area (Å²) in [5, 5.41) is 5.59. The minimum Gasteiger partial charge on any atom is -0.320 e. The van der Waals surface area contributed by atoms with E-state index in [2.05, 4.69) is 10.3 Å². The molecule has 0 unspecified atom stereocenters. The second kappa shape index (κ2) is 4.67. The first-order chi connectivity index (χ1) is 8.08. The Morgan fingerprint density at radius 1 is 1.24 bits per heavy atom. The average Bonchev–Trinajstić information content (AvgIpc) is 2.70. The molecule has 0 radical (unpaired) electrons. The van der Waals surface area contributed by atoms with Gasteiger partial charge in [-0.1, -0.05) is 18.2 Å². The molecule has 2 aromatic rings. The molecule has 1 amide bonds. The first kappa shape index (κ1) is 11.8. The van der Waals surface area contributed by atoms with Crippen molar-refractivity contribution in [1.29, 1.82) is 0 Å². The van der Waals surface area contributed by atoms with Gasteiger partial charge in [-0.05, 0) is 31.9 Å². The van der Waals surface area contributed by atoms with Crippen LogP contribution in [0.3, 0.4) is 0 Å². The molecule has 4 heteroatoms. The van der Waals surface area contributed by atoms with Crippen molar-refractivity contribution >= 4 is 22.9 Å². The van der Waals surface area contributed by atoms with Crippen LogP contribution in [0.25, 0.3) is 0 Å². The van der Waals surface area contributed by atoms with E-state index in [9.17, 15) is 4.79 Å². The highest BCUT2D eigenvalue weighted by Crippen LogP contribution is 2.20. The lowest BCUT2D eigenvalue weighted by Crippen LogP contribution is -2.14. The average molecular weight is 246 g/mol. The fourth-order valence-electron chi connectivity index (χ4n) is 1.66. The van der Waals surface area contributed by atoms with Crippen LogP contribution in [0.4, 0.5) is 5.69 Å². The summed E-state index contributed by atoms with van der Waals surface area (Å²) in [6, 6.07) is 5.94. The van der Waals surface area contributed by atoms with Crippen molar-refractivity contribution in [1.82, 2.24) is 4.98 Å². The Balaban J connectivity index is 2.24. The van der Waals surface area contributed by atoms with Gasteiger partial charge in [0, 0.05) is 11.1 Å². The van der Waals surface area contributed by atoms with Crippen LogP contribution in [-0.4, -0.2) is 10.9 Å². The third kappa shape index (κ3) is 2.53. The molecule has 0 fully saturated rings. The number of carbonyl (C=O) groups is 1. The van der Waals surface area contributed by atoms with Gasteiger partial charge in [0.1, 0.15) is 5.69 Å². The molecule has 0 bridgehead atoms. The summed E-state index contributed by atoms with van der Waals surface area (Å²) in [6.45, 7) is 5.85. The van der Waals surface area contributed by atoms with Crippen LogP contribution < -0.4 is 5.32 Å². The summed E-state index contributed by atoms with van der Waals surface area (Å²) in [6.07, 6.45) is 0. The van der Waals surface area contributed by atoms with Gasteiger partial charge in [-0.15, -0.1) is 11.3 Å². The SMILES string of the molecule is Cc1nc(C(=O)Nc2c(C)cccc2C)cs1. The number of rotatable bonds is 2. The molecule has 1 aromatic heterocycles. The molecule has 0 spiro atoms. The molecule has 1 aromatic carbocycles. The maximum atomic E-state index is 12.0. The molecule has 88 valence electrons. The van der Waals surface area contributed by atoms with Gasteiger partial charge in [0.2, 0.25) is 0 Å². The highest BCUT2D eigenvalue weighted by atomic mass is 32.1. The van der Waals surface area contributed by atoms with Crippen LogP contribution in [0.15, 0.2) is 23.6 Å². The fourth-order valence-corrected chi connectivity index (χ4v) is 2.25. The molecule has 0 aliphatic heterocycles. The minimum atomic E-state index is -0.147. The highest BCUT2D eigenvalue weighted by Gasteiger charge is 2.11. The predicted octanol–water partition coefficient (Wildman–Crippen LogP) is 3.32. The van der Waals surface area contributed by atoms with Crippen LogP contribution in [0.1, 0.15) is 26.6 Å². The number of benzene rings is 1. The number of para-hydroxylation sites is 1. The maximum Gasteiger partial charge on any atom is 0.275 e. The largest absolute Gasteiger partial charge is 0.320 e. The summed E-state index contributed by atoms with van der Waals surface area (Å²) < 4.78 is 0. The second-order valence-corrected chi connectivity index (χ2v) is 5.03. The minimum absolute atomic E-state index is 0.147. The molecular weight excluding hydrogens is 232 g/mol. The van der Waals surface area contributed by atoms with Gasteiger partial charge in [-0.25, -0.2) is 4.98 Å². The van der Waals surface area contributed by atoms with Gasteiger partial charge in [0.15, 0.2) is 0 Å². The number of aromatic nitrogens is 1. The molecule has 3 nitrogen and oxygen atoms in total. The maximum absolute atomic E-state index is 12.0. The van der Waals surface area contributed by atoms with E-state index in [-0.39, 0.29) is 5.91 Å². The molecular formula is C13H14N2OS. The van der Waals surface area contributed by atoms with Crippen molar-refractivity contribution in [3.05, 3.63) is 45.4 Å². The van der Waals surface area contributed by atoms with Gasteiger partial charge < -0.3 is 5.32 Å². The number of carbonyl (C=O) groups excluding carboxylic acids is 1. The summed E-state index contributed by atoms with van der Waals surface area (Å²) in [4.78, 5) is 16.1.